The van der Waals surface area contributed by atoms with Gasteiger partial charge in [-0.25, -0.2) is 4.68 Å². The molecule has 0 fully saturated rings. The average molecular weight is 456 g/mol. The van der Waals surface area contributed by atoms with Crippen LogP contribution in [0.3, 0.4) is 0 Å². The lowest BCUT2D eigenvalue weighted by atomic mass is 10.0. The molecule has 0 saturated carbocycles. The number of hydrogen-bond donors (Lipinski definition) is 2. The summed E-state index contributed by atoms with van der Waals surface area (Å²) in [4.78, 5) is 28.0. The van der Waals surface area contributed by atoms with Crippen molar-refractivity contribution in [2.24, 2.45) is 0 Å². The van der Waals surface area contributed by atoms with Gasteiger partial charge in [-0.1, -0.05) is 28.1 Å². The number of rotatable bonds is 5. The van der Waals surface area contributed by atoms with Crippen LogP contribution in [0.5, 0.6) is 5.75 Å². The monoisotopic (exact) mass is 455 g/mol. The summed E-state index contributed by atoms with van der Waals surface area (Å²) >= 11 is 3.43. The maximum atomic E-state index is 12.1. The van der Waals surface area contributed by atoms with Crippen molar-refractivity contribution in [1.82, 2.24) is 14.8 Å². The fourth-order valence-electron chi connectivity index (χ4n) is 3.12. The van der Waals surface area contributed by atoms with Gasteiger partial charge in [-0.2, -0.15) is 10.1 Å². The van der Waals surface area contributed by atoms with Crippen molar-refractivity contribution in [3.8, 4) is 5.75 Å². The minimum Gasteiger partial charge on any atom is -0.484 e. The Morgan fingerprint density at radius 3 is 2.86 bits per heavy atom. The molecule has 148 valence electrons. The maximum absolute atomic E-state index is 12.1. The number of amides is 2. The molecule has 0 aliphatic carbocycles. The molecular weight excluding hydrogens is 438 g/mol. The highest BCUT2D eigenvalue weighted by molar-refractivity contribution is 9.10. The minimum atomic E-state index is -0.244. The number of nitrogens with one attached hydrogen (secondary N) is 2. The first-order valence-corrected chi connectivity index (χ1v) is 9.77. The molecule has 2 N–H and O–H groups in total. The predicted octanol–water partition coefficient (Wildman–Crippen LogP) is 3.30. The molecule has 29 heavy (non-hydrogen) atoms. The number of carbonyl (C=O) groups excluding carboxylic acids is 2. The van der Waals surface area contributed by atoms with Crippen LogP contribution in [0, 0.1) is 6.92 Å². The van der Waals surface area contributed by atoms with Crippen molar-refractivity contribution >= 4 is 39.4 Å². The summed E-state index contributed by atoms with van der Waals surface area (Å²) < 4.78 is 8.25. The first kappa shape index (κ1) is 19.1. The van der Waals surface area contributed by atoms with Crippen molar-refractivity contribution in [3.05, 3.63) is 64.4 Å². The summed E-state index contributed by atoms with van der Waals surface area (Å²) in [5, 5.41) is 9.68. The van der Waals surface area contributed by atoms with Crippen LogP contribution in [-0.2, 0) is 9.59 Å². The molecule has 1 aliphatic rings. The first-order valence-electron chi connectivity index (χ1n) is 8.98. The van der Waals surface area contributed by atoms with Crippen LogP contribution in [0.1, 0.15) is 23.6 Å². The first-order chi connectivity index (χ1) is 14.0. The molecule has 1 aromatic heterocycles. The number of fused-ring (bicyclic) bond motifs is 1. The number of aromatic nitrogens is 3. The number of ether oxygens (including phenoxy) is 1. The lowest BCUT2D eigenvalue weighted by Gasteiger charge is -2.23. The van der Waals surface area contributed by atoms with Crippen LogP contribution < -0.4 is 15.4 Å². The Morgan fingerprint density at radius 1 is 1.31 bits per heavy atom. The zero-order chi connectivity index (χ0) is 20.4. The SMILES string of the molecule is Cc1cc(NC(=O)COc2ccc([C@@H]3CC(=O)Nc4ncnn43)cc2)ccc1Br. The number of anilines is 2. The van der Waals surface area contributed by atoms with E-state index in [1.165, 1.54) is 6.33 Å². The molecule has 0 spiro atoms. The van der Waals surface area contributed by atoms with Crippen LogP contribution in [0.2, 0.25) is 0 Å². The Morgan fingerprint density at radius 2 is 2.10 bits per heavy atom. The standard InChI is InChI=1S/C20H18BrN5O3/c1-12-8-14(4-7-16(12)21)24-19(28)10-29-15-5-2-13(3-6-15)17-9-18(27)25-20-22-11-23-26(17)20/h2-8,11,17H,9-10H2,1H3,(H,24,28)(H,22,23,25,27)/t17-/m0/s1. The molecule has 9 heteroatoms. The van der Waals surface area contributed by atoms with Gasteiger partial charge < -0.3 is 10.1 Å². The average Bonchev–Trinajstić information content (AvgIpc) is 3.17. The van der Waals surface area contributed by atoms with Crippen LogP contribution in [0.25, 0.3) is 0 Å². The smallest absolute Gasteiger partial charge is 0.262 e. The third kappa shape index (κ3) is 4.29. The van der Waals surface area contributed by atoms with Crippen molar-refractivity contribution in [2.75, 3.05) is 17.2 Å². The van der Waals surface area contributed by atoms with Gasteiger partial charge in [-0.15, -0.1) is 0 Å². The Kier molecular flexibility index (Phi) is 5.30. The van der Waals surface area contributed by atoms with E-state index >= 15 is 0 Å². The Hall–Kier alpha value is -3.20. The van der Waals surface area contributed by atoms with E-state index in [1.807, 2.05) is 37.3 Å². The summed E-state index contributed by atoms with van der Waals surface area (Å²) in [6.07, 6.45) is 1.70. The Bertz CT molecular complexity index is 1060. The molecule has 0 saturated heterocycles. The van der Waals surface area contributed by atoms with Crippen LogP contribution >= 0.6 is 15.9 Å². The van der Waals surface area contributed by atoms with Gasteiger partial charge in [0.2, 0.25) is 11.9 Å². The number of benzene rings is 2. The van der Waals surface area contributed by atoms with Gasteiger partial charge in [-0.05, 0) is 48.4 Å². The molecule has 0 unspecified atom stereocenters. The summed E-state index contributed by atoms with van der Waals surface area (Å²) in [5.41, 5.74) is 2.66. The summed E-state index contributed by atoms with van der Waals surface area (Å²) in [6, 6.07) is 12.6. The molecule has 1 aliphatic heterocycles. The van der Waals surface area contributed by atoms with E-state index in [0.29, 0.717) is 17.4 Å². The molecule has 2 amide bonds. The third-order valence-corrected chi connectivity index (χ3v) is 5.46. The fraction of sp³-hybridized carbons (Fsp3) is 0.200. The van der Waals surface area contributed by atoms with Gasteiger partial charge in [0.1, 0.15) is 12.1 Å². The second-order valence-electron chi connectivity index (χ2n) is 6.67. The molecule has 2 heterocycles. The quantitative estimate of drug-likeness (QED) is 0.614. The predicted molar refractivity (Wildman–Crippen MR) is 111 cm³/mol. The second-order valence-corrected chi connectivity index (χ2v) is 7.52. The molecule has 2 aromatic carbocycles. The van der Waals surface area contributed by atoms with Gasteiger partial charge >= 0.3 is 0 Å². The molecule has 8 nitrogen and oxygen atoms in total. The minimum absolute atomic E-state index is 0.101. The topological polar surface area (TPSA) is 98.1 Å². The summed E-state index contributed by atoms with van der Waals surface area (Å²) in [6.45, 7) is 1.85. The van der Waals surface area contributed by atoms with E-state index in [1.54, 1.807) is 16.8 Å². The molecule has 0 radical (unpaired) electrons. The van der Waals surface area contributed by atoms with E-state index in [0.717, 1.165) is 15.6 Å². The van der Waals surface area contributed by atoms with Crippen molar-refractivity contribution < 1.29 is 14.3 Å². The largest absolute Gasteiger partial charge is 0.484 e. The third-order valence-electron chi connectivity index (χ3n) is 4.57. The highest BCUT2D eigenvalue weighted by Gasteiger charge is 2.27. The molecule has 0 bridgehead atoms. The Balaban J connectivity index is 1.37. The van der Waals surface area contributed by atoms with Gasteiger partial charge in [0, 0.05) is 10.2 Å². The van der Waals surface area contributed by atoms with Crippen LogP contribution in [-0.4, -0.2) is 33.2 Å². The summed E-state index contributed by atoms with van der Waals surface area (Å²) in [5.74, 6) is 0.657. The number of aryl methyl sites for hydroxylation is 1. The second kappa shape index (κ2) is 8.04. The fourth-order valence-corrected chi connectivity index (χ4v) is 3.37. The molecule has 4 rings (SSSR count). The van der Waals surface area contributed by atoms with E-state index in [2.05, 4.69) is 36.6 Å². The Labute approximate surface area is 175 Å². The normalized spacial score (nSPS) is 15.4. The molecular formula is C20H18BrN5O3. The van der Waals surface area contributed by atoms with Gasteiger partial charge in [0.15, 0.2) is 6.61 Å². The van der Waals surface area contributed by atoms with E-state index < -0.39 is 0 Å². The molecule has 3 aromatic rings. The number of halogens is 1. The number of nitrogens with zero attached hydrogens (tertiary/aromatic N) is 3. The highest BCUT2D eigenvalue weighted by Crippen LogP contribution is 2.29. The lowest BCUT2D eigenvalue weighted by molar-refractivity contribution is -0.118. The number of carbonyl (C=O) groups is 2. The van der Waals surface area contributed by atoms with Gasteiger partial charge in [0.25, 0.3) is 5.91 Å². The van der Waals surface area contributed by atoms with Crippen LogP contribution in [0.15, 0.2) is 53.3 Å². The lowest BCUT2D eigenvalue weighted by Crippen LogP contribution is -2.29. The van der Waals surface area contributed by atoms with E-state index in [-0.39, 0.29) is 30.9 Å². The van der Waals surface area contributed by atoms with Gasteiger partial charge in [-0.3, -0.25) is 14.9 Å². The maximum Gasteiger partial charge on any atom is 0.262 e. The van der Waals surface area contributed by atoms with Crippen molar-refractivity contribution in [3.63, 3.8) is 0 Å². The van der Waals surface area contributed by atoms with E-state index in [4.69, 9.17) is 4.74 Å². The van der Waals surface area contributed by atoms with Crippen molar-refractivity contribution in [2.45, 2.75) is 19.4 Å². The van der Waals surface area contributed by atoms with Gasteiger partial charge in [0.05, 0.1) is 12.5 Å². The molecule has 1 atom stereocenters. The highest BCUT2D eigenvalue weighted by atomic mass is 79.9. The number of hydrogen-bond acceptors (Lipinski definition) is 5. The van der Waals surface area contributed by atoms with Crippen LogP contribution in [0.4, 0.5) is 11.6 Å². The zero-order valence-electron chi connectivity index (χ0n) is 15.6. The van der Waals surface area contributed by atoms with Crippen molar-refractivity contribution in [1.29, 1.82) is 0 Å². The van der Waals surface area contributed by atoms with E-state index in [9.17, 15) is 9.59 Å². The summed E-state index contributed by atoms with van der Waals surface area (Å²) in [7, 11) is 0. The zero-order valence-corrected chi connectivity index (χ0v) is 17.1.